The Balaban J connectivity index is 1.97. The molecule has 0 bridgehead atoms. The largest absolute Gasteiger partial charge is 0.497 e. The highest BCUT2D eigenvalue weighted by Crippen LogP contribution is 2.23. The van der Waals surface area contributed by atoms with Crippen molar-refractivity contribution in [3.8, 4) is 11.5 Å². The van der Waals surface area contributed by atoms with Crippen LogP contribution in [0.1, 0.15) is 30.1 Å². The van der Waals surface area contributed by atoms with Gasteiger partial charge in [0.2, 0.25) is 5.91 Å². The summed E-state index contributed by atoms with van der Waals surface area (Å²) in [7, 11) is 3.07. The molecular weight excluding hydrogens is 324 g/mol. The Morgan fingerprint density at radius 2 is 1.40 bits per heavy atom. The average Bonchev–Trinajstić information content (AvgIpc) is 2.65. The van der Waals surface area contributed by atoms with E-state index in [-0.39, 0.29) is 30.4 Å². The van der Waals surface area contributed by atoms with E-state index in [9.17, 15) is 14.4 Å². The summed E-state index contributed by atoms with van der Waals surface area (Å²) in [6.07, 6.45) is 0.498. The fourth-order valence-corrected chi connectivity index (χ4v) is 2.71. The Kier molecular flexibility index (Phi) is 6.38. The molecule has 1 aliphatic heterocycles. The van der Waals surface area contributed by atoms with E-state index in [0.29, 0.717) is 43.2 Å². The van der Waals surface area contributed by atoms with Crippen LogP contribution in [-0.2, 0) is 9.59 Å². The second-order valence-electron chi connectivity index (χ2n) is 5.98. The van der Waals surface area contributed by atoms with Gasteiger partial charge in [0, 0.05) is 50.7 Å². The minimum absolute atomic E-state index is 0.00846. The Bertz CT molecular complexity index is 629. The van der Waals surface area contributed by atoms with Crippen molar-refractivity contribution in [2.45, 2.75) is 19.8 Å². The second-order valence-corrected chi connectivity index (χ2v) is 5.98. The number of piperazine rings is 1. The number of nitrogens with zero attached hydrogens (tertiary/aromatic N) is 2. The van der Waals surface area contributed by atoms with Gasteiger partial charge in [0.25, 0.3) is 5.91 Å². The van der Waals surface area contributed by atoms with Gasteiger partial charge in [0.1, 0.15) is 17.3 Å². The zero-order valence-electron chi connectivity index (χ0n) is 14.9. The zero-order valence-corrected chi connectivity index (χ0v) is 14.9. The van der Waals surface area contributed by atoms with E-state index >= 15 is 0 Å². The Labute approximate surface area is 147 Å². The topological polar surface area (TPSA) is 76.2 Å². The molecule has 7 nitrogen and oxygen atoms in total. The van der Waals surface area contributed by atoms with Gasteiger partial charge < -0.3 is 24.1 Å². The molecule has 1 fully saturated rings. The molecule has 136 valence electrons. The molecule has 1 heterocycles. The highest BCUT2D eigenvalue weighted by Gasteiger charge is 2.25. The SMILES string of the molecule is COc1cc(OC)cc(C(=O)N2CCN(C(=O)CCC(C)=O)CC2)c1. The molecule has 0 aliphatic carbocycles. The molecule has 0 atom stereocenters. The average molecular weight is 348 g/mol. The lowest BCUT2D eigenvalue weighted by Gasteiger charge is -2.35. The van der Waals surface area contributed by atoms with Crippen molar-refractivity contribution in [1.82, 2.24) is 9.80 Å². The fourth-order valence-electron chi connectivity index (χ4n) is 2.71. The normalized spacial score (nSPS) is 14.2. The van der Waals surface area contributed by atoms with Crippen LogP contribution >= 0.6 is 0 Å². The fraction of sp³-hybridized carbons (Fsp3) is 0.500. The third-order valence-electron chi connectivity index (χ3n) is 4.21. The van der Waals surface area contributed by atoms with Crippen LogP contribution in [-0.4, -0.2) is 67.8 Å². The summed E-state index contributed by atoms with van der Waals surface area (Å²) in [5, 5.41) is 0. The van der Waals surface area contributed by atoms with Gasteiger partial charge in [-0.1, -0.05) is 0 Å². The molecule has 1 aromatic carbocycles. The van der Waals surface area contributed by atoms with Crippen LogP contribution in [0.2, 0.25) is 0 Å². The molecule has 0 N–H and O–H groups in total. The summed E-state index contributed by atoms with van der Waals surface area (Å²) in [5.41, 5.74) is 0.493. The first-order valence-electron chi connectivity index (χ1n) is 8.24. The van der Waals surface area contributed by atoms with Crippen LogP contribution in [0.5, 0.6) is 11.5 Å². The third-order valence-corrected chi connectivity index (χ3v) is 4.21. The molecule has 2 rings (SSSR count). The van der Waals surface area contributed by atoms with Crippen molar-refractivity contribution in [2.75, 3.05) is 40.4 Å². The van der Waals surface area contributed by atoms with Crippen LogP contribution in [0, 0.1) is 0 Å². The minimum Gasteiger partial charge on any atom is -0.497 e. The number of ketones is 1. The van der Waals surface area contributed by atoms with Crippen LogP contribution in [0.3, 0.4) is 0 Å². The van der Waals surface area contributed by atoms with Crippen LogP contribution in [0.15, 0.2) is 18.2 Å². The lowest BCUT2D eigenvalue weighted by atomic mass is 10.1. The first-order valence-corrected chi connectivity index (χ1v) is 8.24. The monoisotopic (exact) mass is 348 g/mol. The Hall–Kier alpha value is -2.57. The number of Topliss-reactive ketones (excluding diaryl/α,β-unsaturated/α-hetero) is 1. The third kappa shape index (κ3) is 4.95. The summed E-state index contributed by atoms with van der Waals surface area (Å²) >= 11 is 0. The van der Waals surface area contributed by atoms with Gasteiger partial charge in [0.15, 0.2) is 0 Å². The number of hydrogen-bond donors (Lipinski definition) is 0. The van der Waals surface area contributed by atoms with Crippen LogP contribution in [0.4, 0.5) is 0 Å². The quantitative estimate of drug-likeness (QED) is 0.776. The summed E-state index contributed by atoms with van der Waals surface area (Å²) in [6, 6.07) is 5.06. The maximum absolute atomic E-state index is 12.7. The highest BCUT2D eigenvalue weighted by atomic mass is 16.5. The number of methoxy groups -OCH3 is 2. The lowest BCUT2D eigenvalue weighted by molar-refractivity contribution is -0.134. The van der Waals surface area contributed by atoms with Crippen molar-refractivity contribution >= 4 is 17.6 Å². The van der Waals surface area contributed by atoms with Gasteiger partial charge in [0.05, 0.1) is 14.2 Å². The second kappa shape index (κ2) is 8.50. The highest BCUT2D eigenvalue weighted by molar-refractivity contribution is 5.95. The smallest absolute Gasteiger partial charge is 0.254 e. The molecule has 0 aromatic heterocycles. The van der Waals surface area contributed by atoms with E-state index in [2.05, 4.69) is 0 Å². The van der Waals surface area contributed by atoms with Crippen molar-refractivity contribution in [1.29, 1.82) is 0 Å². The van der Waals surface area contributed by atoms with Crippen LogP contribution < -0.4 is 9.47 Å². The van der Waals surface area contributed by atoms with E-state index in [0.717, 1.165) is 0 Å². The molecule has 1 aliphatic rings. The Morgan fingerprint density at radius 1 is 0.880 bits per heavy atom. The van der Waals surface area contributed by atoms with E-state index in [4.69, 9.17) is 9.47 Å². The molecule has 0 unspecified atom stereocenters. The summed E-state index contributed by atoms with van der Waals surface area (Å²) < 4.78 is 10.4. The number of carbonyl (C=O) groups is 3. The molecule has 0 saturated carbocycles. The van der Waals surface area contributed by atoms with Crippen molar-refractivity contribution in [3.05, 3.63) is 23.8 Å². The minimum atomic E-state index is -0.118. The summed E-state index contributed by atoms with van der Waals surface area (Å²) in [6.45, 7) is 3.35. The molecule has 25 heavy (non-hydrogen) atoms. The molecule has 2 amide bonds. The summed E-state index contributed by atoms with van der Waals surface area (Å²) in [4.78, 5) is 39.2. The van der Waals surface area contributed by atoms with Gasteiger partial charge in [-0.15, -0.1) is 0 Å². The van der Waals surface area contributed by atoms with Crippen molar-refractivity contribution in [3.63, 3.8) is 0 Å². The number of amides is 2. The first-order chi connectivity index (χ1) is 11.9. The maximum atomic E-state index is 12.7. The van der Waals surface area contributed by atoms with Gasteiger partial charge in [-0.2, -0.15) is 0 Å². The summed E-state index contributed by atoms with van der Waals surface area (Å²) in [5.74, 6) is 0.967. The lowest BCUT2D eigenvalue weighted by Crippen LogP contribution is -2.50. The van der Waals surface area contributed by atoms with E-state index in [1.807, 2.05) is 0 Å². The predicted octanol–water partition coefficient (Wildman–Crippen LogP) is 1.36. The van der Waals surface area contributed by atoms with Crippen molar-refractivity contribution in [2.24, 2.45) is 0 Å². The maximum Gasteiger partial charge on any atom is 0.254 e. The molecule has 0 radical (unpaired) electrons. The van der Waals surface area contributed by atoms with Gasteiger partial charge >= 0.3 is 0 Å². The first kappa shape index (κ1) is 18.8. The number of benzene rings is 1. The van der Waals surface area contributed by atoms with E-state index in [1.54, 1.807) is 28.0 Å². The number of hydrogen-bond acceptors (Lipinski definition) is 5. The van der Waals surface area contributed by atoms with Gasteiger partial charge in [-0.25, -0.2) is 0 Å². The predicted molar refractivity (Wildman–Crippen MR) is 91.9 cm³/mol. The molecular formula is C18H24N2O5. The molecule has 1 saturated heterocycles. The van der Waals surface area contributed by atoms with Crippen LogP contribution in [0.25, 0.3) is 0 Å². The number of rotatable bonds is 6. The molecule has 0 spiro atoms. The molecule has 1 aromatic rings. The van der Waals surface area contributed by atoms with E-state index in [1.165, 1.54) is 21.1 Å². The standard InChI is InChI=1S/C18H24N2O5/c1-13(21)4-5-17(22)19-6-8-20(9-7-19)18(23)14-10-15(24-2)12-16(11-14)25-3/h10-12H,4-9H2,1-3H3. The number of carbonyl (C=O) groups excluding carboxylic acids is 3. The van der Waals surface area contributed by atoms with Crippen molar-refractivity contribution < 1.29 is 23.9 Å². The molecule has 7 heteroatoms. The van der Waals surface area contributed by atoms with E-state index < -0.39 is 0 Å². The van der Waals surface area contributed by atoms with Gasteiger partial charge in [-0.05, 0) is 19.1 Å². The zero-order chi connectivity index (χ0) is 18.4. The number of ether oxygens (including phenoxy) is 2. The Morgan fingerprint density at radius 3 is 1.88 bits per heavy atom. The van der Waals surface area contributed by atoms with Gasteiger partial charge in [-0.3, -0.25) is 9.59 Å².